The number of benzene rings is 1. The number of amides is 1. The van der Waals surface area contributed by atoms with Crippen molar-refractivity contribution >= 4 is 11.6 Å². The molecule has 102 valence electrons. The van der Waals surface area contributed by atoms with Gasteiger partial charge in [-0.2, -0.15) is 0 Å². The Bertz CT molecular complexity index is 496. The number of rotatable bonds is 1. The Morgan fingerprint density at radius 2 is 1.84 bits per heavy atom. The number of carbonyl (C=O) groups excluding carboxylic acids is 1. The molecular weight excluding hydrogens is 244 g/mol. The summed E-state index contributed by atoms with van der Waals surface area (Å²) < 4.78 is 11.3. The Hall–Kier alpha value is -1.91. The molecule has 19 heavy (non-hydrogen) atoms. The molecule has 1 aromatic carbocycles. The molecule has 1 fully saturated rings. The molecule has 0 radical (unpaired) electrons. The van der Waals surface area contributed by atoms with Crippen LogP contribution in [0.5, 0.6) is 11.5 Å². The van der Waals surface area contributed by atoms with E-state index in [4.69, 9.17) is 15.2 Å². The fraction of sp³-hybridized carbons (Fsp3) is 0.500. The number of fused-ring (bicyclic) bond motifs is 1. The minimum atomic E-state index is -0.00782. The molecule has 0 unspecified atom stereocenters. The number of nitrogens with zero attached hydrogens (tertiary/aromatic N) is 1. The highest BCUT2D eigenvalue weighted by Crippen LogP contribution is 2.36. The van der Waals surface area contributed by atoms with Gasteiger partial charge in [0.15, 0.2) is 11.5 Å². The lowest BCUT2D eigenvalue weighted by molar-refractivity contribution is 0.0788. The first-order valence-corrected chi connectivity index (χ1v) is 6.74. The van der Waals surface area contributed by atoms with Crippen molar-refractivity contribution < 1.29 is 14.3 Å². The van der Waals surface area contributed by atoms with Crippen LogP contribution >= 0.6 is 0 Å². The van der Waals surface area contributed by atoms with Crippen molar-refractivity contribution in [1.29, 1.82) is 0 Å². The Labute approximate surface area is 112 Å². The van der Waals surface area contributed by atoms with Gasteiger partial charge in [0.05, 0.1) is 18.8 Å². The number of nitrogens with two attached hydrogens (primary N) is 1. The van der Waals surface area contributed by atoms with Crippen LogP contribution in [0.1, 0.15) is 29.6 Å². The van der Waals surface area contributed by atoms with Gasteiger partial charge in [0, 0.05) is 31.3 Å². The number of likely N-dealkylation sites (tertiary alicyclic amines) is 1. The van der Waals surface area contributed by atoms with Crippen molar-refractivity contribution in [2.75, 3.05) is 32.0 Å². The summed E-state index contributed by atoms with van der Waals surface area (Å²) in [7, 11) is 0. The second-order valence-corrected chi connectivity index (χ2v) is 4.95. The normalized spacial score (nSPS) is 18.2. The molecule has 5 heteroatoms. The van der Waals surface area contributed by atoms with Gasteiger partial charge < -0.3 is 20.1 Å². The maximum atomic E-state index is 12.5. The van der Waals surface area contributed by atoms with Crippen molar-refractivity contribution in [3.8, 4) is 11.5 Å². The summed E-state index contributed by atoms with van der Waals surface area (Å²) >= 11 is 0. The molecule has 0 atom stereocenters. The van der Waals surface area contributed by atoms with E-state index in [1.54, 1.807) is 12.1 Å². The highest BCUT2D eigenvalue weighted by atomic mass is 16.5. The van der Waals surface area contributed by atoms with Gasteiger partial charge in [0.2, 0.25) is 0 Å². The summed E-state index contributed by atoms with van der Waals surface area (Å²) in [5, 5.41) is 0. The second-order valence-electron chi connectivity index (χ2n) is 4.95. The topological polar surface area (TPSA) is 64.8 Å². The standard InChI is InChI=1S/C14H18N2O3/c15-10-8-11(14(17)16-4-1-2-5-16)13-12(9-10)18-6-3-7-19-13/h8-9H,1-7,15H2. The summed E-state index contributed by atoms with van der Waals surface area (Å²) in [6, 6.07) is 3.41. The van der Waals surface area contributed by atoms with Crippen LogP contribution in [0.15, 0.2) is 12.1 Å². The first-order valence-electron chi connectivity index (χ1n) is 6.74. The average Bonchev–Trinajstić information content (AvgIpc) is 2.83. The van der Waals surface area contributed by atoms with Crippen molar-refractivity contribution in [2.24, 2.45) is 0 Å². The number of ether oxygens (including phenoxy) is 2. The lowest BCUT2D eigenvalue weighted by Gasteiger charge is -2.19. The molecule has 2 aliphatic heterocycles. The van der Waals surface area contributed by atoms with Gasteiger partial charge in [0.1, 0.15) is 0 Å². The molecule has 0 aromatic heterocycles. The van der Waals surface area contributed by atoms with E-state index in [0.717, 1.165) is 32.4 Å². The van der Waals surface area contributed by atoms with E-state index in [2.05, 4.69) is 0 Å². The summed E-state index contributed by atoms with van der Waals surface area (Å²) in [5.41, 5.74) is 6.92. The number of carbonyl (C=O) groups is 1. The predicted molar refractivity (Wildman–Crippen MR) is 71.6 cm³/mol. The quantitative estimate of drug-likeness (QED) is 0.782. The second kappa shape index (κ2) is 4.99. The predicted octanol–water partition coefficient (Wildman–Crippen LogP) is 1.67. The lowest BCUT2D eigenvalue weighted by atomic mass is 10.1. The van der Waals surface area contributed by atoms with E-state index in [-0.39, 0.29) is 5.91 Å². The van der Waals surface area contributed by atoms with Gasteiger partial charge in [-0.05, 0) is 18.9 Å². The number of hydrogen-bond acceptors (Lipinski definition) is 4. The van der Waals surface area contributed by atoms with Crippen molar-refractivity contribution in [1.82, 2.24) is 4.90 Å². The summed E-state index contributed by atoms with van der Waals surface area (Å²) in [4.78, 5) is 14.4. The molecule has 1 saturated heterocycles. The molecule has 2 N–H and O–H groups in total. The molecule has 2 aliphatic rings. The van der Waals surface area contributed by atoms with Gasteiger partial charge in [-0.15, -0.1) is 0 Å². The van der Waals surface area contributed by atoms with Crippen molar-refractivity contribution in [3.05, 3.63) is 17.7 Å². The molecule has 0 aliphatic carbocycles. The van der Waals surface area contributed by atoms with Gasteiger partial charge in [-0.1, -0.05) is 0 Å². The largest absolute Gasteiger partial charge is 0.489 e. The van der Waals surface area contributed by atoms with Crippen LogP contribution in [-0.2, 0) is 0 Å². The molecule has 5 nitrogen and oxygen atoms in total. The first kappa shape index (κ1) is 12.1. The summed E-state index contributed by atoms with van der Waals surface area (Å²) in [6.07, 6.45) is 2.94. The zero-order valence-corrected chi connectivity index (χ0v) is 10.9. The van der Waals surface area contributed by atoms with E-state index >= 15 is 0 Å². The number of hydrogen-bond donors (Lipinski definition) is 1. The minimum absolute atomic E-state index is 0.00782. The van der Waals surface area contributed by atoms with Crippen molar-refractivity contribution in [2.45, 2.75) is 19.3 Å². The van der Waals surface area contributed by atoms with E-state index in [1.807, 2.05) is 4.90 Å². The maximum absolute atomic E-state index is 12.5. The molecule has 3 rings (SSSR count). The molecule has 0 spiro atoms. The molecule has 2 heterocycles. The van der Waals surface area contributed by atoms with E-state index in [9.17, 15) is 4.79 Å². The van der Waals surface area contributed by atoms with Crippen LogP contribution in [0.3, 0.4) is 0 Å². The first-order chi connectivity index (χ1) is 9.25. The third kappa shape index (κ3) is 2.32. The van der Waals surface area contributed by atoms with Gasteiger partial charge in [-0.25, -0.2) is 0 Å². The monoisotopic (exact) mass is 262 g/mol. The number of nitrogen functional groups attached to an aromatic ring is 1. The van der Waals surface area contributed by atoms with Crippen molar-refractivity contribution in [3.63, 3.8) is 0 Å². The molecule has 1 amide bonds. The van der Waals surface area contributed by atoms with Crippen LogP contribution in [0, 0.1) is 0 Å². The number of anilines is 1. The molecule has 1 aromatic rings. The highest BCUT2D eigenvalue weighted by molar-refractivity contribution is 5.99. The Kier molecular flexibility index (Phi) is 3.19. The Morgan fingerprint density at radius 1 is 1.11 bits per heavy atom. The maximum Gasteiger partial charge on any atom is 0.257 e. The minimum Gasteiger partial charge on any atom is -0.489 e. The van der Waals surface area contributed by atoms with Crippen LogP contribution < -0.4 is 15.2 Å². The van der Waals surface area contributed by atoms with Crippen LogP contribution in [0.4, 0.5) is 5.69 Å². The Morgan fingerprint density at radius 3 is 2.63 bits per heavy atom. The van der Waals surface area contributed by atoms with E-state index in [1.165, 1.54) is 0 Å². The SMILES string of the molecule is Nc1cc2c(c(C(=O)N3CCCC3)c1)OCCCO2. The third-order valence-corrected chi connectivity index (χ3v) is 3.49. The zero-order chi connectivity index (χ0) is 13.2. The van der Waals surface area contributed by atoms with E-state index in [0.29, 0.717) is 36.0 Å². The van der Waals surface area contributed by atoms with Crippen LogP contribution in [0.25, 0.3) is 0 Å². The third-order valence-electron chi connectivity index (χ3n) is 3.49. The molecular formula is C14H18N2O3. The fourth-order valence-electron chi connectivity index (χ4n) is 2.54. The smallest absolute Gasteiger partial charge is 0.257 e. The average molecular weight is 262 g/mol. The summed E-state index contributed by atoms with van der Waals surface area (Å²) in [5.74, 6) is 1.12. The van der Waals surface area contributed by atoms with Gasteiger partial charge >= 0.3 is 0 Å². The summed E-state index contributed by atoms with van der Waals surface area (Å²) in [6.45, 7) is 2.78. The molecule has 0 bridgehead atoms. The van der Waals surface area contributed by atoms with Gasteiger partial charge in [-0.3, -0.25) is 4.79 Å². The fourth-order valence-corrected chi connectivity index (χ4v) is 2.54. The molecule has 0 saturated carbocycles. The Balaban J connectivity index is 1.99. The van der Waals surface area contributed by atoms with Gasteiger partial charge in [0.25, 0.3) is 5.91 Å². The van der Waals surface area contributed by atoms with Crippen LogP contribution in [0.2, 0.25) is 0 Å². The van der Waals surface area contributed by atoms with E-state index < -0.39 is 0 Å². The zero-order valence-electron chi connectivity index (χ0n) is 10.9. The van der Waals surface area contributed by atoms with Crippen LogP contribution in [-0.4, -0.2) is 37.1 Å². The highest BCUT2D eigenvalue weighted by Gasteiger charge is 2.26. The lowest BCUT2D eigenvalue weighted by Crippen LogP contribution is -2.28.